The van der Waals surface area contributed by atoms with Gasteiger partial charge in [-0.3, -0.25) is 4.79 Å². The van der Waals surface area contributed by atoms with Gasteiger partial charge in [0.05, 0.1) is 36.5 Å². The van der Waals surface area contributed by atoms with Crippen molar-refractivity contribution < 1.29 is 9.53 Å². The number of fused-ring (bicyclic) bond motifs is 1. The van der Waals surface area contributed by atoms with Crippen molar-refractivity contribution in [2.24, 2.45) is 5.73 Å². The maximum absolute atomic E-state index is 12.6. The first-order chi connectivity index (χ1) is 16.3. The van der Waals surface area contributed by atoms with E-state index < -0.39 is 6.04 Å². The maximum Gasteiger partial charge on any atom is 0.239 e. The number of carbonyl (C=O) groups is 1. The van der Waals surface area contributed by atoms with Crippen molar-refractivity contribution in [1.29, 1.82) is 0 Å². The van der Waals surface area contributed by atoms with E-state index in [1.807, 2.05) is 4.90 Å². The molecule has 0 radical (unpaired) electrons. The van der Waals surface area contributed by atoms with Crippen LogP contribution in [0.3, 0.4) is 0 Å². The smallest absolute Gasteiger partial charge is 0.239 e. The highest BCUT2D eigenvalue weighted by Crippen LogP contribution is 2.41. The van der Waals surface area contributed by atoms with Crippen molar-refractivity contribution in [3.05, 3.63) is 18.0 Å². The molecule has 35 heavy (non-hydrogen) atoms. The molecule has 1 amide bonds. The second-order valence-electron chi connectivity index (χ2n) is 9.82. The van der Waals surface area contributed by atoms with E-state index in [1.165, 1.54) is 0 Å². The van der Waals surface area contributed by atoms with Gasteiger partial charge in [0.2, 0.25) is 17.8 Å². The van der Waals surface area contributed by atoms with Gasteiger partial charge in [-0.2, -0.15) is 4.98 Å². The molecule has 0 saturated carbocycles. The Balaban J connectivity index is 0.00000289. The third-order valence-corrected chi connectivity index (χ3v) is 7.19. The average molecular weight is 504 g/mol. The predicted molar refractivity (Wildman–Crippen MR) is 137 cm³/mol. The van der Waals surface area contributed by atoms with E-state index in [0.717, 1.165) is 48.6 Å². The van der Waals surface area contributed by atoms with Gasteiger partial charge in [-0.15, -0.1) is 12.4 Å². The second kappa shape index (κ2) is 9.71. The SMILES string of the molecule is C[C@H](N)C(=O)N1CC[C@](C)(N2CCc3c(-c4cnc(N)nc4)nc(N4CCOC[C@@H]4C)nc32)C1.Cl. The molecular weight excluding hydrogens is 470 g/mol. The molecule has 0 spiro atoms. The first-order valence-electron chi connectivity index (χ1n) is 11.9. The zero-order valence-electron chi connectivity index (χ0n) is 20.5. The van der Waals surface area contributed by atoms with Crippen molar-refractivity contribution >= 4 is 36.0 Å². The molecule has 0 aliphatic carbocycles. The number of ether oxygens (including phenoxy) is 1. The molecule has 0 bridgehead atoms. The molecule has 2 fully saturated rings. The third-order valence-electron chi connectivity index (χ3n) is 7.19. The molecule has 11 nitrogen and oxygen atoms in total. The summed E-state index contributed by atoms with van der Waals surface area (Å²) in [4.78, 5) is 37.5. The largest absolute Gasteiger partial charge is 0.377 e. The van der Waals surface area contributed by atoms with Crippen LogP contribution in [0.2, 0.25) is 0 Å². The molecule has 3 aliphatic rings. The molecule has 2 aromatic rings. The van der Waals surface area contributed by atoms with Crippen molar-refractivity contribution in [1.82, 2.24) is 24.8 Å². The van der Waals surface area contributed by atoms with E-state index in [9.17, 15) is 4.79 Å². The van der Waals surface area contributed by atoms with E-state index in [0.29, 0.717) is 32.3 Å². The number of nitrogens with zero attached hydrogens (tertiary/aromatic N) is 7. The summed E-state index contributed by atoms with van der Waals surface area (Å²) in [5, 5.41) is 0. The van der Waals surface area contributed by atoms with Crippen molar-refractivity contribution in [2.45, 2.75) is 51.2 Å². The van der Waals surface area contributed by atoms with Gasteiger partial charge in [0, 0.05) is 49.7 Å². The van der Waals surface area contributed by atoms with E-state index in [-0.39, 0.29) is 35.8 Å². The standard InChI is InChI=1S/C23H33N9O2.ClH/c1-14-12-34-9-8-31(14)22-28-18(16-10-26-21(25)27-11-16)17-4-6-32(19(17)29-22)23(3)5-7-30(13-23)20(33)15(2)24;/h10-11,14-15H,4-9,12-13,24H2,1-3H3,(H2,25,26,27);1H/t14-,15-,23-;/m0./s1. The van der Waals surface area contributed by atoms with Crippen LogP contribution in [0.4, 0.5) is 17.7 Å². The summed E-state index contributed by atoms with van der Waals surface area (Å²) in [5.74, 6) is 1.83. The Bertz CT molecular complexity index is 1080. The summed E-state index contributed by atoms with van der Waals surface area (Å²) in [5.41, 5.74) is 14.1. The Morgan fingerprint density at radius 3 is 2.66 bits per heavy atom. The number of halogens is 1. The van der Waals surface area contributed by atoms with Gasteiger partial charge in [-0.05, 0) is 33.6 Å². The monoisotopic (exact) mass is 503 g/mol. The average Bonchev–Trinajstić information content (AvgIpc) is 3.43. The minimum absolute atomic E-state index is 0. The predicted octanol–water partition coefficient (Wildman–Crippen LogP) is 0.863. The number of likely N-dealkylation sites (tertiary alicyclic amines) is 1. The number of nitrogen functional groups attached to an aromatic ring is 1. The highest BCUT2D eigenvalue weighted by Gasteiger charge is 2.45. The van der Waals surface area contributed by atoms with Crippen molar-refractivity contribution in [3.63, 3.8) is 0 Å². The summed E-state index contributed by atoms with van der Waals surface area (Å²) in [6, 6.07) is -0.333. The number of morpholine rings is 1. The molecular formula is C23H34ClN9O2. The van der Waals surface area contributed by atoms with Crippen LogP contribution in [0.25, 0.3) is 11.3 Å². The highest BCUT2D eigenvalue weighted by atomic mass is 35.5. The quantitative estimate of drug-likeness (QED) is 0.617. The molecule has 0 unspecified atom stereocenters. The number of nitrogens with two attached hydrogens (primary N) is 2. The Labute approximate surface area is 211 Å². The van der Waals surface area contributed by atoms with Crippen LogP contribution in [0.1, 0.15) is 32.8 Å². The fourth-order valence-corrected chi connectivity index (χ4v) is 5.26. The number of carbonyl (C=O) groups excluding carboxylic acids is 1. The molecule has 12 heteroatoms. The van der Waals surface area contributed by atoms with Crippen LogP contribution in [0.15, 0.2) is 12.4 Å². The van der Waals surface area contributed by atoms with Gasteiger partial charge in [0.15, 0.2) is 0 Å². The second-order valence-corrected chi connectivity index (χ2v) is 9.82. The van der Waals surface area contributed by atoms with Crippen molar-refractivity contribution in [2.75, 3.05) is 54.9 Å². The molecule has 2 aromatic heterocycles. The fraction of sp³-hybridized carbons (Fsp3) is 0.609. The lowest BCUT2D eigenvalue weighted by Crippen LogP contribution is -2.50. The first kappa shape index (κ1) is 25.3. The van der Waals surface area contributed by atoms with Crippen molar-refractivity contribution in [3.8, 4) is 11.3 Å². The fourth-order valence-electron chi connectivity index (χ4n) is 5.26. The van der Waals surface area contributed by atoms with E-state index in [2.05, 4.69) is 33.6 Å². The van der Waals surface area contributed by atoms with E-state index in [1.54, 1.807) is 19.3 Å². The number of aromatic nitrogens is 4. The van der Waals surface area contributed by atoms with Gasteiger partial charge in [-0.1, -0.05) is 0 Å². The molecule has 3 aliphatic heterocycles. The van der Waals surface area contributed by atoms with E-state index in [4.69, 9.17) is 26.2 Å². The number of anilines is 3. The lowest BCUT2D eigenvalue weighted by atomic mass is 9.99. The molecule has 5 heterocycles. The number of hydrogen-bond donors (Lipinski definition) is 2. The lowest BCUT2D eigenvalue weighted by molar-refractivity contribution is -0.131. The zero-order valence-corrected chi connectivity index (χ0v) is 21.3. The van der Waals surface area contributed by atoms with Gasteiger partial charge in [0.25, 0.3) is 0 Å². The zero-order chi connectivity index (χ0) is 24.0. The topological polar surface area (TPSA) is 140 Å². The molecule has 0 aromatic carbocycles. The minimum Gasteiger partial charge on any atom is -0.377 e. The highest BCUT2D eigenvalue weighted by molar-refractivity contribution is 5.85. The van der Waals surface area contributed by atoms with Gasteiger partial charge in [-0.25, -0.2) is 15.0 Å². The van der Waals surface area contributed by atoms with E-state index >= 15 is 0 Å². The Morgan fingerprint density at radius 2 is 1.97 bits per heavy atom. The molecule has 3 atom stereocenters. The molecule has 190 valence electrons. The summed E-state index contributed by atoms with van der Waals surface area (Å²) < 4.78 is 5.64. The van der Waals surface area contributed by atoms with Crippen LogP contribution < -0.4 is 21.3 Å². The number of rotatable bonds is 4. The van der Waals surface area contributed by atoms with Gasteiger partial charge in [0.1, 0.15) is 5.82 Å². The van der Waals surface area contributed by atoms with Crippen LogP contribution >= 0.6 is 12.4 Å². The first-order valence-corrected chi connectivity index (χ1v) is 11.9. The van der Waals surface area contributed by atoms with Crippen LogP contribution in [-0.4, -0.2) is 87.8 Å². The Morgan fingerprint density at radius 1 is 1.23 bits per heavy atom. The summed E-state index contributed by atoms with van der Waals surface area (Å²) in [6.45, 7) is 10.2. The normalized spacial score (nSPS) is 24.8. The van der Waals surface area contributed by atoms with Crippen LogP contribution in [-0.2, 0) is 16.0 Å². The lowest BCUT2D eigenvalue weighted by Gasteiger charge is -2.38. The molecule has 5 rings (SSSR count). The molecule has 2 saturated heterocycles. The Kier molecular flexibility index (Phi) is 7.03. The van der Waals surface area contributed by atoms with Crippen LogP contribution in [0, 0.1) is 0 Å². The van der Waals surface area contributed by atoms with Gasteiger partial charge >= 0.3 is 0 Å². The third kappa shape index (κ3) is 4.60. The van der Waals surface area contributed by atoms with Gasteiger partial charge < -0.3 is 30.9 Å². The summed E-state index contributed by atoms with van der Waals surface area (Å²) in [6.07, 6.45) is 5.12. The molecule has 4 N–H and O–H groups in total. The van der Waals surface area contributed by atoms with Crippen LogP contribution in [0.5, 0.6) is 0 Å². The Hall–Kier alpha value is -2.76. The maximum atomic E-state index is 12.6. The number of amides is 1. The minimum atomic E-state index is -0.498. The number of hydrogen-bond acceptors (Lipinski definition) is 10. The summed E-state index contributed by atoms with van der Waals surface area (Å²) in [7, 11) is 0. The summed E-state index contributed by atoms with van der Waals surface area (Å²) >= 11 is 0.